The van der Waals surface area contributed by atoms with Crippen LogP contribution in [0.1, 0.15) is 6.92 Å². The third-order valence-electron chi connectivity index (χ3n) is 2.31. The molecule has 85 valence electrons. The lowest BCUT2D eigenvalue weighted by Gasteiger charge is -2.07. The van der Waals surface area contributed by atoms with Gasteiger partial charge in [0.15, 0.2) is 0 Å². The number of aromatic hydroxyl groups is 1. The molecule has 1 amide bonds. The van der Waals surface area contributed by atoms with Crippen molar-refractivity contribution < 1.29 is 9.90 Å². The summed E-state index contributed by atoms with van der Waals surface area (Å²) in [6, 6.07) is 15.3. The second-order valence-electron chi connectivity index (χ2n) is 3.69. The van der Waals surface area contributed by atoms with Crippen molar-refractivity contribution in [2.24, 2.45) is 0 Å². The summed E-state index contributed by atoms with van der Waals surface area (Å²) in [5.41, 5.74) is 2.14. The van der Waals surface area contributed by atoms with E-state index in [9.17, 15) is 9.90 Å². The standard InChI is InChI=1S/C14H12NO2/c1-10(16)15-12-6-4-5-11(9-12)13-7-2-3-8-14(13)17/h2-6,8-9,17H,1H3,(H,15,16). The minimum absolute atomic E-state index is 0.122. The van der Waals surface area contributed by atoms with Crippen LogP contribution in [0.15, 0.2) is 42.5 Å². The molecule has 0 heterocycles. The van der Waals surface area contributed by atoms with Crippen molar-refractivity contribution in [3.05, 3.63) is 48.5 Å². The van der Waals surface area contributed by atoms with Crippen LogP contribution in [0.25, 0.3) is 11.1 Å². The zero-order valence-corrected chi connectivity index (χ0v) is 9.40. The summed E-state index contributed by atoms with van der Waals surface area (Å²) in [6.07, 6.45) is 0. The number of phenolic OH excluding ortho intramolecular Hbond substituents is 1. The maximum absolute atomic E-state index is 11.0. The molecule has 0 bridgehead atoms. The summed E-state index contributed by atoms with van der Waals surface area (Å²) in [7, 11) is 0. The fourth-order valence-corrected chi connectivity index (χ4v) is 1.61. The molecule has 1 radical (unpaired) electrons. The molecule has 0 saturated heterocycles. The molecule has 2 N–H and O–H groups in total. The Labute approximate surface area is 99.7 Å². The number of carbonyl (C=O) groups excluding carboxylic acids is 1. The predicted octanol–water partition coefficient (Wildman–Crippen LogP) is 2.82. The molecular weight excluding hydrogens is 214 g/mol. The van der Waals surface area contributed by atoms with Gasteiger partial charge in [0.05, 0.1) is 0 Å². The van der Waals surface area contributed by atoms with Crippen LogP contribution in [0.2, 0.25) is 0 Å². The first-order valence-corrected chi connectivity index (χ1v) is 5.24. The van der Waals surface area contributed by atoms with E-state index in [4.69, 9.17) is 0 Å². The van der Waals surface area contributed by atoms with Gasteiger partial charge in [0.1, 0.15) is 5.75 Å². The first kappa shape index (κ1) is 11.2. The van der Waals surface area contributed by atoms with E-state index in [0.29, 0.717) is 11.3 Å². The van der Waals surface area contributed by atoms with Gasteiger partial charge >= 0.3 is 0 Å². The molecule has 3 nitrogen and oxygen atoms in total. The summed E-state index contributed by atoms with van der Waals surface area (Å²) >= 11 is 0. The first-order chi connectivity index (χ1) is 8.16. The largest absolute Gasteiger partial charge is 0.507 e. The Hall–Kier alpha value is -2.29. The molecule has 3 heteroatoms. The monoisotopic (exact) mass is 226 g/mol. The van der Waals surface area contributed by atoms with Gasteiger partial charge in [-0.15, -0.1) is 0 Å². The Morgan fingerprint density at radius 2 is 2.12 bits per heavy atom. The van der Waals surface area contributed by atoms with Gasteiger partial charge in [-0.3, -0.25) is 4.79 Å². The topological polar surface area (TPSA) is 49.3 Å². The van der Waals surface area contributed by atoms with Gasteiger partial charge in [-0.05, 0) is 29.8 Å². The van der Waals surface area contributed by atoms with E-state index in [1.165, 1.54) is 6.92 Å². The Morgan fingerprint density at radius 1 is 1.29 bits per heavy atom. The third kappa shape index (κ3) is 2.64. The number of hydrogen-bond acceptors (Lipinski definition) is 2. The molecule has 0 aromatic heterocycles. The van der Waals surface area contributed by atoms with Crippen LogP contribution in [0, 0.1) is 6.07 Å². The zero-order chi connectivity index (χ0) is 12.3. The number of rotatable bonds is 2. The average Bonchev–Trinajstić information content (AvgIpc) is 2.29. The number of hydrogen-bond donors (Lipinski definition) is 2. The average molecular weight is 226 g/mol. The van der Waals surface area contributed by atoms with Gasteiger partial charge in [0, 0.05) is 18.2 Å². The number of amides is 1. The van der Waals surface area contributed by atoms with Crippen LogP contribution >= 0.6 is 0 Å². The number of nitrogens with one attached hydrogen (secondary N) is 1. The Kier molecular flexibility index (Phi) is 3.10. The van der Waals surface area contributed by atoms with Gasteiger partial charge < -0.3 is 10.4 Å². The molecule has 0 fully saturated rings. The fraction of sp³-hybridized carbons (Fsp3) is 0.0714. The highest BCUT2D eigenvalue weighted by molar-refractivity contribution is 5.89. The lowest BCUT2D eigenvalue weighted by atomic mass is 10.0. The number of benzene rings is 2. The summed E-state index contributed by atoms with van der Waals surface area (Å²) in [4.78, 5) is 11.0. The van der Waals surface area contributed by atoms with Crippen LogP contribution in [-0.2, 0) is 4.79 Å². The van der Waals surface area contributed by atoms with Gasteiger partial charge in [-0.25, -0.2) is 0 Å². The van der Waals surface area contributed by atoms with Crippen LogP contribution < -0.4 is 5.32 Å². The van der Waals surface area contributed by atoms with E-state index in [1.807, 2.05) is 12.1 Å². The van der Waals surface area contributed by atoms with Crippen LogP contribution in [0.5, 0.6) is 5.75 Å². The summed E-state index contributed by atoms with van der Waals surface area (Å²) in [6.45, 7) is 1.46. The predicted molar refractivity (Wildman–Crippen MR) is 66.7 cm³/mol. The molecule has 2 aromatic rings. The lowest BCUT2D eigenvalue weighted by molar-refractivity contribution is -0.114. The summed E-state index contributed by atoms with van der Waals surface area (Å²) in [5, 5.41) is 12.4. The normalized spacial score (nSPS) is 9.94. The molecular formula is C14H12NO2. The molecule has 0 aliphatic rings. The molecule has 17 heavy (non-hydrogen) atoms. The maximum Gasteiger partial charge on any atom is 0.221 e. The third-order valence-corrected chi connectivity index (χ3v) is 2.31. The van der Waals surface area contributed by atoms with Crippen molar-refractivity contribution in [1.29, 1.82) is 0 Å². The van der Waals surface area contributed by atoms with E-state index in [-0.39, 0.29) is 11.7 Å². The molecule has 0 spiro atoms. The van der Waals surface area contributed by atoms with E-state index in [1.54, 1.807) is 30.3 Å². The minimum atomic E-state index is -0.122. The molecule has 0 aliphatic carbocycles. The molecule has 2 rings (SSSR count). The van der Waals surface area contributed by atoms with E-state index in [0.717, 1.165) is 5.56 Å². The Morgan fingerprint density at radius 3 is 2.82 bits per heavy atom. The molecule has 0 saturated carbocycles. The van der Waals surface area contributed by atoms with Crippen LogP contribution in [-0.4, -0.2) is 11.0 Å². The molecule has 0 aliphatic heterocycles. The SMILES string of the molecule is CC(=O)Nc1cccc(-c2[c]cccc2O)c1. The van der Waals surface area contributed by atoms with E-state index >= 15 is 0 Å². The maximum atomic E-state index is 11.0. The van der Waals surface area contributed by atoms with Crippen molar-refractivity contribution in [3.8, 4) is 16.9 Å². The van der Waals surface area contributed by atoms with Gasteiger partial charge in [0.2, 0.25) is 5.91 Å². The highest BCUT2D eigenvalue weighted by Gasteiger charge is 2.04. The Bertz CT molecular complexity index is 549. The first-order valence-electron chi connectivity index (χ1n) is 5.24. The number of carbonyl (C=O) groups is 1. The zero-order valence-electron chi connectivity index (χ0n) is 9.40. The van der Waals surface area contributed by atoms with E-state index < -0.39 is 0 Å². The fourth-order valence-electron chi connectivity index (χ4n) is 1.61. The van der Waals surface area contributed by atoms with Gasteiger partial charge in [0.25, 0.3) is 0 Å². The van der Waals surface area contributed by atoms with E-state index in [2.05, 4.69) is 11.4 Å². The molecule has 0 atom stereocenters. The van der Waals surface area contributed by atoms with Crippen LogP contribution in [0.4, 0.5) is 5.69 Å². The smallest absolute Gasteiger partial charge is 0.221 e. The quantitative estimate of drug-likeness (QED) is 0.827. The minimum Gasteiger partial charge on any atom is -0.507 e. The second kappa shape index (κ2) is 4.70. The lowest BCUT2D eigenvalue weighted by Crippen LogP contribution is -2.05. The number of anilines is 1. The highest BCUT2D eigenvalue weighted by Crippen LogP contribution is 2.29. The molecule has 0 unspecified atom stereocenters. The van der Waals surface area contributed by atoms with Gasteiger partial charge in [-0.1, -0.05) is 24.3 Å². The van der Waals surface area contributed by atoms with Crippen molar-refractivity contribution in [1.82, 2.24) is 0 Å². The number of phenols is 1. The summed E-state index contributed by atoms with van der Waals surface area (Å²) < 4.78 is 0. The van der Waals surface area contributed by atoms with Crippen molar-refractivity contribution >= 4 is 11.6 Å². The van der Waals surface area contributed by atoms with Crippen molar-refractivity contribution in [2.45, 2.75) is 6.92 Å². The summed E-state index contributed by atoms with van der Waals surface area (Å²) in [5.74, 6) is 0.0517. The second-order valence-corrected chi connectivity index (χ2v) is 3.69. The van der Waals surface area contributed by atoms with Crippen molar-refractivity contribution in [2.75, 3.05) is 5.32 Å². The molecule has 2 aromatic carbocycles. The van der Waals surface area contributed by atoms with Crippen LogP contribution in [0.3, 0.4) is 0 Å². The highest BCUT2D eigenvalue weighted by atomic mass is 16.3. The Balaban J connectivity index is 2.40. The van der Waals surface area contributed by atoms with Gasteiger partial charge in [-0.2, -0.15) is 0 Å². The van der Waals surface area contributed by atoms with Crippen molar-refractivity contribution in [3.63, 3.8) is 0 Å².